The number of alkyl halides is 1. The van der Waals surface area contributed by atoms with E-state index in [2.05, 4.69) is 25.9 Å². The summed E-state index contributed by atoms with van der Waals surface area (Å²) in [6, 6.07) is 3.01. The number of aromatic nitrogens is 2. The Morgan fingerprint density at radius 3 is 1.80 bits per heavy atom. The second kappa shape index (κ2) is 10.4. The normalized spacial score (nSPS) is 11.3. The van der Waals surface area contributed by atoms with E-state index in [1.165, 1.54) is 24.5 Å². The highest BCUT2D eigenvalue weighted by molar-refractivity contribution is 9.10. The second-order valence-electron chi connectivity index (χ2n) is 4.72. The van der Waals surface area contributed by atoms with Crippen LogP contribution in [0.3, 0.4) is 0 Å². The molecule has 2 aromatic heterocycles. The number of pyridine rings is 2. The SMILES string of the molecule is CC(Br)C(=O)c1ncc(Cl)cc1Cl.CCC(=O)c1ncc(Cl)cc1Cl. The predicted molar refractivity (Wildman–Crippen MR) is 106 cm³/mol. The van der Waals surface area contributed by atoms with Crippen molar-refractivity contribution in [2.45, 2.75) is 25.1 Å². The zero-order valence-corrected chi connectivity index (χ0v) is 17.8. The third kappa shape index (κ3) is 6.83. The molecule has 9 heteroatoms. The van der Waals surface area contributed by atoms with E-state index >= 15 is 0 Å². The van der Waals surface area contributed by atoms with Crippen LogP contribution in [0.4, 0.5) is 0 Å². The topological polar surface area (TPSA) is 59.9 Å². The molecule has 1 atom stereocenters. The lowest BCUT2D eigenvalue weighted by Crippen LogP contribution is -2.12. The molecule has 2 aromatic rings. The van der Waals surface area contributed by atoms with E-state index in [1.807, 2.05) is 0 Å². The maximum Gasteiger partial charge on any atom is 0.195 e. The van der Waals surface area contributed by atoms with Crippen LogP contribution < -0.4 is 0 Å². The van der Waals surface area contributed by atoms with Crippen LogP contribution in [-0.2, 0) is 0 Å². The zero-order chi connectivity index (χ0) is 19.1. The molecule has 0 aliphatic heterocycles. The van der Waals surface area contributed by atoms with Crippen molar-refractivity contribution in [3.63, 3.8) is 0 Å². The molecule has 4 nitrogen and oxygen atoms in total. The number of halogens is 5. The third-order valence-corrected chi connectivity index (χ3v) is 4.20. The first-order valence-electron chi connectivity index (χ1n) is 7.00. The van der Waals surface area contributed by atoms with E-state index in [-0.39, 0.29) is 27.1 Å². The van der Waals surface area contributed by atoms with Gasteiger partial charge in [-0.2, -0.15) is 0 Å². The summed E-state index contributed by atoms with van der Waals surface area (Å²) in [6.45, 7) is 3.48. The molecule has 2 rings (SSSR count). The minimum Gasteiger partial charge on any atom is -0.292 e. The zero-order valence-electron chi connectivity index (χ0n) is 13.2. The van der Waals surface area contributed by atoms with Gasteiger partial charge in [-0.1, -0.05) is 69.3 Å². The summed E-state index contributed by atoms with van der Waals surface area (Å²) in [5, 5.41) is 1.45. The van der Waals surface area contributed by atoms with Gasteiger partial charge in [0, 0.05) is 18.8 Å². The number of rotatable bonds is 4. The quantitative estimate of drug-likeness (QED) is 0.374. The van der Waals surface area contributed by atoms with E-state index < -0.39 is 0 Å². The Hall–Kier alpha value is -0.720. The van der Waals surface area contributed by atoms with Crippen LogP contribution in [0.2, 0.25) is 20.1 Å². The van der Waals surface area contributed by atoms with Gasteiger partial charge in [0.15, 0.2) is 11.6 Å². The van der Waals surface area contributed by atoms with Crippen molar-refractivity contribution in [2.24, 2.45) is 0 Å². The van der Waals surface area contributed by atoms with Crippen LogP contribution >= 0.6 is 62.3 Å². The Kier molecular flexibility index (Phi) is 9.32. The van der Waals surface area contributed by atoms with Crippen LogP contribution in [0.15, 0.2) is 24.5 Å². The highest BCUT2D eigenvalue weighted by Crippen LogP contribution is 2.21. The largest absolute Gasteiger partial charge is 0.292 e. The van der Waals surface area contributed by atoms with E-state index in [0.717, 1.165) is 0 Å². The number of Topliss-reactive ketones (excluding diaryl/α,β-unsaturated/α-hetero) is 2. The number of nitrogens with zero attached hydrogens (tertiary/aromatic N) is 2. The Balaban J connectivity index is 0.000000251. The lowest BCUT2D eigenvalue weighted by atomic mass is 10.2. The van der Waals surface area contributed by atoms with Gasteiger partial charge in [0.25, 0.3) is 0 Å². The molecule has 1 unspecified atom stereocenters. The highest BCUT2D eigenvalue weighted by atomic mass is 79.9. The summed E-state index contributed by atoms with van der Waals surface area (Å²) in [5.41, 5.74) is 0.541. The molecule has 0 bridgehead atoms. The minimum absolute atomic E-state index is 0.0725. The van der Waals surface area contributed by atoms with Crippen molar-refractivity contribution in [2.75, 3.05) is 0 Å². The van der Waals surface area contributed by atoms with Crippen LogP contribution in [0.5, 0.6) is 0 Å². The van der Waals surface area contributed by atoms with Crippen molar-refractivity contribution >= 4 is 73.9 Å². The molecule has 0 radical (unpaired) electrons. The van der Waals surface area contributed by atoms with Crippen LogP contribution in [0.25, 0.3) is 0 Å². The fraction of sp³-hybridized carbons (Fsp3) is 0.250. The fourth-order valence-electron chi connectivity index (χ4n) is 1.57. The summed E-state index contributed by atoms with van der Waals surface area (Å²) < 4.78 is 0. The van der Waals surface area contributed by atoms with E-state index in [4.69, 9.17) is 46.4 Å². The maximum atomic E-state index is 11.4. The van der Waals surface area contributed by atoms with Gasteiger partial charge in [-0.15, -0.1) is 0 Å². The number of hydrogen-bond acceptors (Lipinski definition) is 4. The summed E-state index contributed by atoms with van der Waals surface area (Å²) in [5.74, 6) is -0.224. The molecule has 0 spiro atoms. The fourth-order valence-corrected chi connectivity index (χ4v) is 2.75. The van der Waals surface area contributed by atoms with Gasteiger partial charge in [-0.3, -0.25) is 14.6 Å². The van der Waals surface area contributed by atoms with Crippen molar-refractivity contribution in [1.82, 2.24) is 9.97 Å². The summed E-state index contributed by atoms with van der Waals surface area (Å²) >= 11 is 25.9. The summed E-state index contributed by atoms with van der Waals surface area (Å²) in [6.07, 6.45) is 3.21. The molecule has 0 amide bonds. The molecule has 0 fully saturated rings. The van der Waals surface area contributed by atoms with Crippen molar-refractivity contribution in [3.8, 4) is 0 Å². The van der Waals surface area contributed by atoms with Gasteiger partial charge in [0.05, 0.1) is 24.9 Å². The Bertz CT molecular complexity index is 785. The molecule has 0 saturated carbocycles. The number of hydrogen-bond donors (Lipinski definition) is 0. The Labute approximate surface area is 174 Å². The lowest BCUT2D eigenvalue weighted by Gasteiger charge is -2.03. The van der Waals surface area contributed by atoms with Gasteiger partial charge in [-0.05, 0) is 19.1 Å². The van der Waals surface area contributed by atoms with Crippen LogP contribution in [0.1, 0.15) is 41.2 Å². The van der Waals surface area contributed by atoms with Crippen molar-refractivity contribution in [3.05, 3.63) is 56.0 Å². The maximum absolute atomic E-state index is 11.4. The first kappa shape index (κ1) is 22.3. The average molecular weight is 487 g/mol. The monoisotopic (exact) mass is 484 g/mol. The molecule has 0 aromatic carbocycles. The second-order valence-corrected chi connectivity index (χ2v) is 7.79. The Morgan fingerprint density at radius 2 is 1.44 bits per heavy atom. The number of carbonyl (C=O) groups is 2. The molecule has 0 aliphatic carbocycles. The molecule has 25 heavy (non-hydrogen) atoms. The first-order valence-corrected chi connectivity index (χ1v) is 9.43. The van der Waals surface area contributed by atoms with Gasteiger partial charge in [0.1, 0.15) is 11.4 Å². The van der Waals surface area contributed by atoms with Crippen LogP contribution in [-0.4, -0.2) is 26.4 Å². The Morgan fingerprint density at radius 1 is 1.00 bits per heavy atom. The molecular weight excluding hydrogens is 474 g/mol. The molecule has 2 heterocycles. The highest BCUT2D eigenvalue weighted by Gasteiger charge is 2.16. The molecule has 0 N–H and O–H groups in total. The molecule has 134 valence electrons. The van der Waals surface area contributed by atoms with E-state index in [1.54, 1.807) is 13.8 Å². The smallest absolute Gasteiger partial charge is 0.195 e. The van der Waals surface area contributed by atoms with Crippen molar-refractivity contribution < 1.29 is 9.59 Å². The third-order valence-electron chi connectivity index (χ3n) is 2.80. The average Bonchev–Trinajstić information content (AvgIpc) is 2.54. The number of ketones is 2. The molecular formula is C16H13BrCl4N2O2. The van der Waals surface area contributed by atoms with Gasteiger partial charge < -0.3 is 0 Å². The summed E-state index contributed by atoms with van der Waals surface area (Å²) in [4.78, 5) is 30.0. The molecule has 0 aliphatic rings. The minimum atomic E-state index is -0.293. The van der Waals surface area contributed by atoms with E-state index in [0.29, 0.717) is 27.2 Å². The van der Waals surface area contributed by atoms with Gasteiger partial charge >= 0.3 is 0 Å². The lowest BCUT2D eigenvalue weighted by molar-refractivity contribution is 0.0979. The van der Waals surface area contributed by atoms with Crippen LogP contribution in [0, 0.1) is 0 Å². The van der Waals surface area contributed by atoms with Crippen molar-refractivity contribution in [1.29, 1.82) is 0 Å². The predicted octanol–water partition coefficient (Wildman–Crippen LogP) is 6.34. The van der Waals surface area contributed by atoms with Gasteiger partial charge in [-0.25, -0.2) is 4.98 Å². The van der Waals surface area contributed by atoms with E-state index in [9.17, 15) is 9.59 Å². The molecule has 0 saturated heterocycles. The summed E-state index contributed by atoms with van der Waals surface area (Å²) in [7, 11) is 0. The number of carbonyl (C=O) groups excluding carboxylic acids is 2. The van der Waals surface area contributed by atoms with Gasteiger partial charge in [0.2, 0.25) is 0 Å². The standard InChI is InChI=1S/C8H6BrCl2NO.C8H7Cl2NO/c1-4(9)8(13)7-6(11)2-5(10)3-12-7;1-2-7(12)8-6(10)3-5(9)4-11-8/h2-4H,1H3;3-4H,2H2,1H3. The first-order chi connectivity index (χ1) is 11.7.